The van der Waals surface area contributed by atoms with Crippen molar-refractivity contribution in [3.8, 4) is 0 Å². The van der Waals surface area contributed by atoms with Gasteiger partial charge in [-0.25, -0.2) is 22.5 Å². The number of nitrogens with one attached hydrogen (secondary N) is 2. The fraction of sp³-hybridized carbons (Fsp3) is 0.296. The summed E-state index contributed by atoms with van der Waals surface area (Å²) in [5.74, 6) is -1.22. The number of Topliss-reactive ketones (excluding diaryl/α,β-unsaturated/α-hetero) is 1. The Morgan fingerprint density at radius 1 is 0.973 bits per heavy atom. The first-order chi connectivity index (χ1) is 17.8. The van der Waals surface area contributed by atoms with Crippen LogP contribution in [0.5, 0.6) is 0 Å². The number of hydrogen-bond acceptors (Lipinski definition) is 6. The molecule has 2 aromatic carbocycles. The predicted octanol–water partition coefficient (Wildman–Crippen LogP) is 2.83. The smallest absolute Gasteiger partial charge is 0.258 e. The van der Waals surface area contributed by atoms with Crippen LogP contribution in [0.3, 0.4) is 0 Å². The minimum Gasteiger partial charge on any atom is -0.381 e. The van der Waals surface area contributed by atoms with Crippen molar-refractivity contribution in [1.29, 1.82) is 0 Å². The molecule has 1 amide bonds. The number of sulfonamides is 1. The maximum absolute atomic E-state index is 13.3. The minimum absolute atomic E-state index is 0.0537. The molecule has 4 rings (SSSR count). The van der Waals surface area contributed by atoms with E-state index in [0.717, 1.165) is 5.56 Å². The van der Waals surface area contributed by atoms with Gasteiger partial charge in [-0.05, 0) is 60.7 Å². The molecule has 0 unspecified atom stereocenters. The lowest BCUT2D eigenvalue weighted by molar-refractivity contribution is -0.120. The molecule has 0 spiro atoms. The third-order valence-electron chi connectivity index (χ3n) is 6.08. The van der Waals surface area contributed by atoms with Crippen molar-refractivity contribution in [2.45, 2.75) is 42.8 Å². The first-order valence-electron chi connectivity index (χ1n) is 12.0. The minimum atomic E-state index is -3.80. The number of carbonyl (C=O) groups is 2. The van der Waals surface area contributed by atoms with Crippen LogP contribution in [-0.4, -0.2) is 50.4 Å². The van der Waals surface area contributed by atoms with Crippen molar-refractivity contribution in [3.05, 3.63) is 95.4 Å². The van der Waals surface area contributed by atoms with E-state index in [1.165, 1.54) is 36.5 Å². The molecule has 37 heavy (non-hydrogen) atoms. The normalized spacial score (nSPS) is 15.2. The van der Waals surface area contributed by atoms with Gasteiger partial charge in [0.05, 0.1) is 6.04 Å². The summed E-state index contributed by atoms with van der Waals surface area (Å²) in [6.07, 6.45) is 2.76. The molecule has 1 saturated heterocycles. The Labute approximate surface area is 215 Å². The van der Waals surface area contributed by atoms with Gasteiger partial charge in [-0.2, -0.15) is 0 Å². The maximum atomic E-state index is 13.3. The van der Waals surface area contributed by atoms with E-state index >= 15 is 0 Å². The summed E-state index contributed by atoms with van der Waals surface area (Å²) in [4.78, 5) is 30.1. The van der Waals surface area contributed by atoms with Crippen LogP contribution in [0.25, 0.3) is 0 Å². The zero-order valence-corrected chi connectivity index (χ0v) is 20.9. The van der Waals surface area contributed by atoms with E-state index in [0.29, 0.717) is 31.6 Å². The highest BCUT2D eigenvalue weighted by atomic mass is 32.2. The number of amides is 1. The summed E-state index contributed by atoms with van der Waals surface area (Å²) in [5, 5.41) is 2.63. The number of aromatic nitrogens is 1. The molecule has 1 atom stereocenters. The maximum Gasteiger partial charge on any atom is 0.258 e. The van der Waals surface area contributed by atoms with E-state index in [2.05, 4.69) is 15.0 Å². The van der Waals surface area contributed by atoms with Gasteiger partial charge in [-0.15, -0.1) is 0 Å². The molecule has 2 heterocycles. The first-order valence-corrected chi connectivity index (χ1v) is 13.5. The average molecular weight is 526 g/mol. The quantitative estimate of drug-likeness (QED) is 0.421. The van der Waals surface area contributed by atoms with E-state index in [1.807, 2.05) is 30.3 Å². The van der Waals surface area contributed by atoms with Gasteiger partial charge in [0.25, 0.3) is 15.9 Å². The summed E-state index contributed by atoms with van der Waals surface area (Å²) >= 11 is 0. The van der Waals surface area contributed by atoms with Gasteiger partial charge in [0.15, 0.2) is 10.8 Å². The van der Waals surface area contributed by atoms with Crippen LogP contribution in [0.1, 0.15) is 34.3 Å². The van der Waals surface area contributed by atoms with Gasteiger partial charge < -0.3 is 10.1 Å². The Bertz CT molecular complexity index is 1310. The monoisotopic (exact) mass is 525 g/mol. The van der Waals surface area contributed by atoms with Gasteiger partial charge in [0.1, 0.15) is 5.82 Å². The Hall–Kier alpha value is -3.47. The molecular formula is C27H28FN3O5S. The lowest BCUT2D eigenvalue weighted by Gasteiger charge is -2.22. The number of hydrogen-bond donors (Lipinski definition) is 2. The number of benzene rings is 2. The van der Waals surface area contributed by atoms with Gasteiger partial charge in [-0.1, -0.05) is 36.4 Å². The largest absolute Gasteiger partial charge is 0.381 e. The Morgan fingerprint density at radius 2 is 1.68 bits per heavy atom. The summed E-state index contributed by atoms with van der Waals surface area (Å²) in [6, 6.07) is 16.2. The molecule has 2 N–H and O–H groups in total. The van der Waals surface area contributed by atoms with E-state index in [9.17, 15) is 22.4 Å². The van der Waals surface area contributed by atoms with Crippen LogP contribution in [-0.2, 0) is 32.4 Å². The van der Waals surface area contributed by atoms with Crippen molar-refractivity contribution in [2.24, 2.45) is 0 Å². The second-order valence-corrected chi connectivity index (χ2v) is 10.5. The van der Waals surface area contributed by atoms with Crippen molar-refractivity contribution in [2.75, 3.05) is 13.2 Å². The number of ether oxygens (including phenoxy) is 1. The van der Waals surface area contributed by atoms with Crippen LogP contribution in [0.2, 0.25) is 0 Å². The van der Waals surface area contributed by atoms with E-state index in [-0.39, 0.29) is 35.3 Å². The van der Waals surface area contributed by atoms with E-state index in [4.69, 9.17) is 4.74 Å². The predicted molar refractivity (Wildman–Crippen MR) is 135 cm³/mol. The van der Waals surface area contributed by atoms with Crippen LogP contribution < -0.4 is 10.0 Å². The number of carbonyl (C=O) groups excluding carboxylic acids is 2. The molecule has 0 radical (unpaired) electrons. The molecule has 0 bridgehead atoms. The van der Waals surface area contributed by atoms with E-state index < -0.39 is 27.8 Å². The lowest BCUT2D eigenvalue weighted by atomic mass is 9.98. The zero-order chi connectivity index (χ0) is 26.3. The molecule has 1 aliphatic rings. The first kappa shape index (κ1) is 26.6. The summed E-state index contributed by atoms with van der Waals surface area (Å²) in [6.45, 7) is 1.01. The number of nitrogens with zero attached hydrogens (tertiary/aromatic N) is 1. The van der Waals surface area contributed by atoms with E-state index in [1.54, 1.807) is 6.07 Å². The fourth-order valence-corrected chi connectivity index (χ4v) is 5.27. The summed E-state index contributed by atoms with van der Waals surface area (Å²) in [7, 11) is -3.80. The van der Waals surface area contributed by atoms with Gasteiger partial charge in [0, 0.05) is 37.4 Å². The average Bonchev–Trinajstić information content (AvgIpc) is 2.90. The third kappa shape index (κ3) is 7.51. The highest BCUT2D eigenvalue weighted by Gasteiger charge is 2.25. The molecule has 3 aromatic rings. The zero-order valence-electron chi connectivity index (χ0n) is 20.1. The van der Waals surface area contributed by atoms with Crippen molar-refractivity contribution >= 4 is 21.7 Å². The molecule has 10 heteroatoms. The second-order valence-electron chi connectivity index (χ2n) is 8.88. The van der Waals surface area contributed by atoms with Gasteiger partial charge in [-0.3, -0.25) is 9.59 Å². The molecule has 194 valence electrons. The third-order valence-corrected chi connectivity index (χ3v) is 7.51. The van der Waals surface area contributed by atoms with Gasteiger partial charge in [0.2, 0.25) is 0 Å². The number of halogens is 1. The molecule has 8 nitrogen and oxygen atoms in total. The highest BCUT2D eigenvalue weighted by molar-refractivity contribution is 7.89. The molecule has 1 aliphatic heterocycles. The molecule has 0 saturated carbocycles. The Kier molecular flexibility index (Phi) is 8.75. The molecule has 1 fully saturated rings. The summed E-state index contributed by atoms with van der Waals surface area (Å²) in [5.41, 5.74) is 1.61. The number of pyridine rings is 1. The second kappa shape index (κ2) is 12.2. The molecule has 0 aliphatic carbocycles. The van der Waals surface area contributed by atoms with Crippen LogP contribution in [0, 0.1) is 5.82 Å². The molecular weight excluding hydrogens is 497 g/mol. The highest BCUT2D eigenvalue weighted by Crippen LogP contribution is 2.14. The SMILES string of the molecule is O=C(N[C@@H](Cc1ccccc1)C(=O)Cc1ccc(S(=O)(=O)NC2CCOCC2)nc1)c1ccc(F)cc1. The number of rotatable bonds is 10. The van der Waals surface area contributed by atoms with Crippen molar-refractivity contribution in [1.82, 2.24) is 15.0 Å². The lowest BCUT2D eigenvalue weighted by Crippen LogP contribution is -2.43. The Balaban J connectivity index is 1.45. The fourth-order valence-electron chi connectivity index (χ4n) is 4.03. The van der Waals surface area contributed by atoms with Crippen molar-refractivity contribution < 1.29 is 27.1 Å². The van der Waals surface area contributed by atoms with Gasteiger partial charge >= 0.3 is 0 Å². The number of ketones is 1. The topological polar surface area (TPSA) is 114 Å². The summed E-state index contributed by atoms with van der Waals surface area (Å²) < 4.78 is 46.5. The van der Waals surface area contributed by atoms with Crippen LogP contribution >= 0.6 is 0 Å². The Morgan fingerprint density at radius 3 is 2.32 bits per heavy atom. The van der Waals surface area contributed by atoms with Crippen LogP contribution in [0.4, 0.5) is 4.39 Å². The van der Waals surface area contributed by atoms with Crippen LogP contribution in [0.15, 0.2) is 78.0 Å². The van der Waals surface area contributed by atoms with Crippen molar-refractivity contribution in [3.63, 3.8) is 0 Å². The molecule has 1 aromatic heterocycles. The standard InChI is InChI=1S/C27H28FN3O5S/c28-22-9-7-21(8-10-22)27(33)30-24(16-19-4-2-1-3-5-19)25(32)17-20-6-11-26(29-18-20)37(34,35)31-23-12-14-36-15-13-23/h1-11,18,23-24,31H,12-17H2,(H,30,33)/t24-/m0/s1.